The molecule has 0 aromatic carbocycles. The van der Waals surface area contributed by atoms with Crippen molar-refractivity contribution in [1.82, 2.24) is 15.0 Å². The summed E-state index contributed by atoms with van der Waals surface area (Å²) in [6, 6.07) is 3.87. The maximum atomic E-state index is 11.0. The molecule has 21 heavy (non-hydrogen) atoms. The zero-order chi connectivity index (χ0) is 15.2. The normalized spacial score (nSPS) is 10.6. The second kappa shape index (κ2) is 6.92. The molecule has 2 aromatic heterocycles. The molecule has 0 radical (unpaired) electrons. The molecule has 110 valence electrons. The number of aromatic nitrogens is 3. The predicted molar refractivity (Wildman–Crippen MR) is 79.2 cm³/mol. The summed E-state index contributed by atoms with van der Waals surface area (Å²) in [5.41, 5.74) is 3.55. The number of pyridine rings is 1. The number of hydrogen-bond acceptors (Lipinski definition) is 4. The van der Waals surface area contributed by atoms with Crippen molar-refractivity contribution < 1.29 is 9.90 Å². The van der Waals surface area contributed by atoms with E-state index in [4.69, 9.17) is 5.11 Å². The lowest BCUT2D eigenvalue weighted by atomic mass is 10.0. The molecule has 0 saturated heterocycles. The van der Waals surface area contributed by atoms with Gasteiger partial charge < -0.3 is 5.11 Å². The highest BCUT2D eigenvalue weighted by Crippen LogP contribution is 2.16. The number of rotatable bonds is 6. The first kappa shape index (κ1) is 15.1. The van der Waals surface area contributed by atoms with Gasteiger partial charge in [0.05, 0.1) is 6.42 Å². The molecule has 0 unspecified atom stereocenters. The predicted octanol–water partition coefficient (Wildman–Crippen LogP) is 2.21. The molecule has 5 nitrogen and oxygen atoms in total. The van der Waals surface area contributed by atoms with Gasteiger partial charge in [-0.3, -0.25) is 9.78 Å². The Kier molecular flexibility index (Phi) is 4.98. The monoisotopic (exact) mass is 285 g/mol. The number of hydrogen-bond donors (Lipinski definition) is 1. The molecule has 0 aliphatic rings. The third-order valence-corrected chi connectivity index (χ3v) is 3.33. The number of aliphatic carboxylic acids is 1. The van der Waals surface area contributed by atoms with Crippen LogP contribution in [0.25, 0.3) is 0 Å². The van der Waals surface area contributed by atoms with Crippen molar-refractivity contribution in [2.75, 3.05) is 0 Å². The van der Waals surface area contributed by atoms with Gasteiger partial charge in [0.2, 0.25) is 0 Å². The van der Waals surface area contributed by atoms with Gasteiger partial charge in [-0.1, -0.05) is 13.8 Å². The van der Waals surface area contributed by atoms with Gasteiger partial charge in [0.15, 0.2) is 0 Å². The number of carbonyl (C=O) groups is 1. The lowest BCUT2D eigenvalue weighted by Crippen LogP contribution is -2.13. The Balaban J connectivity index is 2.38. The Hall–Kier alpha value is -2.30. The number of carboxylic acids is 1. The summed E-state index contributed by atoms with van der Waals surface area (Å²) in [5.74, 6) is -0.103. The summed E-state index contributed by atoms with van der Waals surface area (Å²) >= 11 is 0. The van der Waals surface area contributed by atoms with Gasteiger partial charge in [-0.05, 0) is 30.5 Å². The fourth-order valence-corrected chi connectivity index (χ4v) is 2.34. The minimum atomic E-state index is -0.843. The Morgan fingerprint density at radius 2 is 1.67 bits per heavy atom. The maximum absolute atomic E-state index is 11.0. The van der Waals surface area contributed by atoms with Gasteiger partial charge in [0.25, 0.3) is 0 Å². The van der Waals surface area contributed by atoms with Crippen LogP contribution in [-0.4, -0.2) is 26.0 Å². The van der Waals surface area contributed by atoms with Crippen molar-refractivity contribution in [3.05, 3.63) is 52.9 Å². The van der Waals surface area contributed by atoms with Crippen LogP contribution in [0.2, 0.25) is 0 Å². The number of carboxylic acid groups (broad SMARTS) is 1. The van der Waals surface area contributed by atoms with Gasteiger partial charge in [-0.25, -0.2) is 9.97 Å². The summed E-state index contributed by atoms with van der Waals surface area (Å²) < 4.78 is 0. The zero-order valence-electron chi connectivity index (χ0n) is 12.3. The molecule has 5 heteroatoms. The SMILES string of the molecule is CCc1nc(Cc2ccncc2)nc(CC)c1CC(=O)O. The number of nitrogens with zero attached hydrogens (tertiary/aromatic N) is 3. The van der Waals surface area contributed by atoms with Gasteiger partial charge in [-0.2, -0.15) is 0 Å². The van der Waals surface area contributed by atoms with Gasteiger partial charge in [0.1, 0.15) is 5.82 Å². The first-order chi connectivity index (χ1) is 10.1. The molecular weight excluding hydrogens is 266 g/mol. The van der Waals surface area contributed by atoms with E-state index in [9.17, 15) is 4.79 Å². The van der Waals surface area contributed by atoms with Crippen LogP contribution >= 0.6 is 0 Å². The maximum Gasteiger partial charge on any atom is 0.307 e. The Labute approximate surface area is 124 Å². The van der Waals surface area contributed by atoms with E-state index in [-0.39, 0.29) is 6.42 Å². The molecule has 0 bridgehead atoms. The van der Waals surface area contributed by atoms with E-state index < -0.39 is 5.97 Å². The summed E-state index contributed by atoms with van der Waals surface area (Å²) in [7, 11) is 0. The molecule has 0 fully saturated rings. The van der Waals surface area contributed by atoms with Crippen molar-refractivity contribution in [2.24, 2.45) is 0 Å². The molecular formula is C16H19N3O2. The lowest BCUT2D eigenvalue weighted by molar-refractivity contribution is -0.136. The molecule has 0 spiro atoms. The van der Waals surface area contributed by atoms with Gasteiger partial charge in [-0.15, -0.1) is 0 Å². The first-order valence-electron chi connectivity index (χ1n) is 7.12. The molecule has 0 saturated carbocycles. The van der Waals surface area contributed by atoms with E-state index in [0.29, 0.717) is 19.3 Å². The van der Waals surface area contributed by atoms with Crippen LogP contribution in [0, 0.1) is 0 Å². The average molecular weight is 285 g/mol. The smallest absolute Gasteiger partial charge is 0.307 e. The van der Waals surface area contributed by atoms with E-state index in [1.165, 1.54) is 0 Å². The average Bonchev–Trinajstić information content (AvgIpc) is 2.49. The minimum Gasteiger partial charge on any atom is -0.481 e. The first-order valence-corrected chi connectivity index (χ1v) is 7.12. The van der Waals surface area contributed by atoms with Crippen LogP contribution < -0.4 is 0 Å². The lowest BCUT2D eigenvalue weighted by Gasteiger charge is -2.12. The molecule has 0 aliphatic carbocycles. The van der Waals surface area contributed by atoms with E-state index in [0.717, 1.165) is 28.3 Å². The van der Waals surface area contributed by atoms with Crippen LogP contribution in [0.5, 0.6) is 0 Å². The summed E-state index contributed by atoms with van der Waals surface area (Å²) in [6.45, 7) is 3.98. The van der Waals surface area contributed by atoms with E-state index in [1.807, 2.05) is 26.0 Å². The molecule has 1 N–H and O–H groups in total. The third-order valence-electron chi connectivity index (χ3n) is 3.33. The molecule has 0 aliphatic heterocycles. The van der Waals surface area contributed by atoms with Crippen LogP contribution in [0.3, 0.4) is 0 Å². The quantitative estimate of drug-likeness (QED) is 0.880. The largest absolute Gasteiger partial charge is 0.481 e. The van der Waals surface area contributed by atoms with Crippen LogP contribution in [0.15, 0.2) is 24.5 Å². The van der Waals surface area contributed by atoms with Crippen molar-refractivity contribution >= 4 is 5.97 Å². The third kappa shape index (κ3) is 3.84. The highest BCUT2D eigenvalue weighted by molar-refractivity contribution is 5.71. The van der Waals surface area contributed by atoms with Crippen molar-refractivity contribution in [3.63, 3.8) is 0 Å². The van der Waals surface area contributed by atoms with Crippen molar-refractivity contribution in [1.29, 1.82) is 0 Å². The second-order valence-electron chi connectivity index (χ2n) is 4.82. The highest BCUT2D eigenvalue weighted by Gasteiger charge is 2.15. The summed E-state index contributed by atoms with van der Waals surface area (Å²) in [6.07, 6.45) is 5.53. The minimum absolute atomic E-state index is 0.0120. The standard InChI is InChI=1S/C16H19N3O2/c1-3-13-12(10-16(20)21)14(4-2)19-15(18-13)9-11-5-7-17-8-6-11/h5-8H,3-4,9-10H2,1-2H3,(H,20,21). The fraction of sp³-hybridized carbons (Fsp3) is 0.375. The van der Waals surface area contributed by atoms with E-state index in [2.05, 4.69) is 15.0 Å². The topological polar surface area (TPSA) is 76.0 Å². The highest BCUT2D eigenvalue weighted by atomic mass is 16.4. The fourth-order valence-electron chi connectivity index (χ4n) is 2.34. The van der Waals surface area contributed by atoms with Crippen LogP contribution in [0.4, 0.5) is 0 Å². The number of aryl methyl sites for hydroxylation is 2. The molecule has 0 amide bonds. The zero-order valence-corrected chi connectivity index (χ0v) is 12.3. The van der Waals surface area contributed by atoms with Crippen molar-refractivity contribution in [2.45, 2.75) is 39.5 Å². The van der Waals surface area contributed by atoms with Crippen LogP contribution in [0.1, 0.15) is 42.2 Å². The van der Waals surface area contributed by atoms with E-state index in [1.54, 1.807) is 12.4 Å². The Morgan fingerprint density at radius 3 is 2.14 bits per heavy atom. The molecule has 2 aromatic rings. The molecule has 0 atom stereocenters. The Morgan fingerprint density at radius 1 is 1.10 bits per heavy atom. The molecule has 2 heterocycles. The van der Waals surface area contributed by atoms with Gasteiger partial charge >= 0.3 is 5.97 Å². The second-order valence-corrected chi connectivity index (χ2v) is 4.82. The summed E-state index contributed by atoms with van der Waals surface area (Å²) in [4.78, 5) is 24.1. The van der Waals surface area contributed by atoms with E-state index >= 15 is 0 Å². The Bertz CT molecular complexity index is 602. The van der Waals surface area contributed by atoms with Gasteiger partial charge in [0, 0.05) is 35.8 Å². The van der Waals surface area contributed by atoms with Crippen molar-refractivity contribution in [3.8, 4) is 0 Å². The summed E-state index contributed by atoms with van der Waals surface area (Å²) in [5, 5.41) is 9.05. The molecule has 2 rings (SSSR count). The van der Waals surface area contributed by atoms with Crippen LogP contribution in [-0.2, 0) is 30.5 Å².